The number of nitriles is 1. The van der Waals surface area contributed by atoms with Crippen LogP contribution in [0.1, 0.15) is 18.9 Å². The van der Waals surface area contributed by atoms with Crippen molar-refractivity contribution in [1.82, 2.24) is 10.2 Å². The van der Waals surface area contributed by atoms with E-state index in [1.807, 2.05) is 6.07 Å². The molecule has 0 saturated carbocycles. The molecule has 5 nitrogen and oxygen atoms in total. The predicted molar refractivity (Wildman–Crippen MR) is 69.3 cm³/mol. The minimum absolute atomic E-state index is 0.0845. The standard InChI is InChI=1S/C13H12ClN3O2/c1-13(9-5-2-3-6-10(9)14)11(18)17(8-4-7-15)12(19)16-13/h2-3,5-6H,4,8H2,1H3,(H,16,19)/t13-/m1/s1. The van der Waals surface area contributed by atoms with Gasteiger partial charge in [-0.1, -0.05) is 29.8 Å². The van der Waals surface area contributed by atoms with Crippen LogP contribution in [-0.2, 0) is 10.3 Å². The molecule has 0 radical (unpaired) electrons. The van der Waals surface area contributed by atoms with Crippen LogP contribution in [-0.4, -0.2) is 23.4 Å². The first-order chi connectivity index (χ1) is 9.00. The maximum absolute atomic E-state index is 12.4. The van der Waals surface area contributed by atoms with Crippen molar-refractivity contribution in [1.29, 1.82) is 5.26 Å². The molecule has 0 bridgehead atoms. The molecule has 98 valence electrons. The molecule has 6 heteroatoms. The lowest BCUT2D eigenvalue weighted by Crippen LogP contribution is -2.41. The Morgan fingerprint density at radius 2 is 2.11 bits per heavy atom. The van der Waals surface area contributed by atoms with E-state index in [0.29, 0.717) is 10.6 Å². The van der Waals surface area contributed by atoms with E-state index in [4.69, 9.17) is 16.9 Å². The van der Waals surface area contributed by atoms with Gasteiger partial charge in [0.25, 0.3) is 5.91 Å². The zero-order valence-electron chi connectivity index (χ0n) is 10.3. The second-order valence-corrected chi connectivity index (χ2v) is 4.81. The average Bonchev–Trinajstić information content (AvgIpc) is 2.59. The molecule has 1 atom stereocenters. The number of urea groups is 1. The van der Waals surface area contributed by atoms with Crippen molar-refractivity contribution < 1.29 is 9.59 Å². The SMILES string of the molecule is C[C@]1(c2ccccc2Cl)NC(=O)N(CCC#N)C1=O. The average molecular weight is 278 g/mol. The Bertz CT molecular complexity index is 581. The third kappa shape index (κ3) is 2.15. The second kappa shape index (κ2) is 4.90. The molecule has 1 aromatic rings. The number of halogens is 1. The van der Waals surface area contributed by atoms with Crippen molar-refractivity contribution in [3.05, 3.63) is 34.9 Å². The van der Waals surface area contributed by atoms with Crippen molar-refractivity contribution in [2.45, 2.75) is 18.9 Å². The molecule has 0 aliphatic carbocycles. The number of hydrogen-bond donors (Lipinski definition) is 1. The van der Waals surface area contributed by atoms with Gasteiger partial charge in [-0.3, -0.25) is 9.69 Å². The summed E-state index contributed by atoms with van der Waals surface area (Å²) in [4.78, 5) is 25.3. The third-order valence-electron chi connectivity index (χ3n) is 3.13. The monoisotopic (exact) mass is 277 g/mol. The lowest BCUT2D eigenvalue weighted by Gasteiger charge is -2.23. The van der Waals surface area contributed by atoms with Crippen LogP contribution in [0.3, 0.4) is 0 Å². The van der Waals surface area contributed by atoms with Gasteiger partial charge < -0.3 is 5.32 Å². The summed E-state index contributed by atoms with van der Waals surface area (Å²) in [5, 5.41) is 11.6. The van der Waals surface area contributed by atoms with Crippen LogP contribution in [0, 0.1) is 11.3 Å². The minimum Gasteiger partial charge on any atom is -0.319 e. The van der Waals surface area contributed by atoms with E-state index in [1.54, 1.807) is 31.2 Å². The topological polar surface area (TPSA) is 73.2 Å². The predicted octanol–water partition coefficient (Wildman–Crippen LogP) is 2.02. The fraction of sp³-hybridized carbons (Fsp3) is 0.308. The van der Waals surface area contributed by atoms with Gasteiger partial charge in [0.2, 0.25) is 0 Å². The highest BCUT2D eigenvalue weighted by Gasteiger charge is 2.49. The molecule has 1 saturated heterocycles. The molecule has 2 rings (SSSR count). The Morgan fingerprint density at radius 3 is 2.74 bits per heavy atom. The Labute approximate surface area is 115 Å². The highest BCUT2D eigenvalue weighted by molar-refractivity contribution is 6.32. The smallest absolute Gasteiger partial charge is 0.319 e. The molecular formula is C13H12ClN3O2. The number of benzene rings is 1. The van der Waals surface area contributed by atoms with Gasteiger partial charge in [-0.15, -0.1) is 0 Å². The van der Waals surface area contributed by atoms with E-state index in [2.05, 4.69) is 5.32 Å². The largest absolute Gasteiger partial charge is 0.325 e. The summed E-state index contributed by atoms with van der Waals surface area (Å²) in [7, 11) is 0. The first-order valence-electron chi connectivity index (χ1n) is 5.77. The van der Waals surface area contributed by atoms with Crippen molar-refractivity contribution in [2.24, 2.45) is 0 Å². The number of nitrogens with zero attached hydrogens (tertiary/aromatic N) is 2. The summed E-state index contributed by atoms with van der Waals surface area (Å²) in [6.45, 7) is 1.70. The van der Waals surface area contributed by atoms with Gasteiger partial charge in [-0.25, -0.2) is 4.79 Å². The number of nitrogens with one attached hydrogen (secondary N) is 1. The number of carbonyl (C=O) groups is 2. The number of carbonyl (C=O) groups excluding carboxylic acids is 2. The molecule has 1 N–H and O–H groups in total. The molecule has 1 fully saturated rings. The molecule has 0 aromatic heterocycles. The lowest BCUT2D eigenvalue weighted by molar-refractivity contribution is -0.131. The van der Waals surface area contributed by atoms with Gasteiger partial charge in [-0.05, 0) is 13.0 Å². The summed E-state index contributed by atoms with van der Waals surface area (Å²) < 4.78 is 0. The second-order valence-electron chi connectivity index (χ2n) is 4.40. The number of amides is 3. The fourth-order valence-electron chi connectivity index (χ4n) is 2.11. The lowest BCUT2D eigenvalue weighted by atomic mass is 9.92. The Kier molecular flexibility index (Phi) is 3.45. The number of rotatable bonds is 3. The van der Waals surface area contributed by atoms with Crippen LogP contribution in [0.4, 0.5) is 4.79 Å². The highest BCUT2D eigenvalue weighted by Crippen LogP contribution is 2.33. The van der Waals surface area contributed by atoms with E-state index >= 15 is 0 Å². The van der Waals surface area contributed by atoms with Gasteiger partial charge >= 0.3 is 6.03 Å². The van der Waals surface area contributed by atoms with Crippen molar-refractivity contribution in [2.75, 3.05) is 6.54 Å². The molecule has 1 aromatic carbocycles. The maximum Gasteiger partial charge on any atom is 0.325 e. The molecule has 0 unspecified atom stereocenters. The zero-order chi connectivity index (χ0) is 14.0. The van der Waals surface area contributed by atoms with Gasteiger partial charge in [-0.2, -0.15) is 5.26 Å². The number of hydrogen-bond acceptors (Lipinski definition) is 3. The molecule has 1 heterocycles. The number of imide groups is 1. The van der Waals surface area contributed by atoms with Gasteiger partial charge in [0.1, 0.15) is 5.54 Å². The van der Waals surface area contributed by atoms with E-state index in [1.165, 1.54) is 0 Å². The van der Waals surface area contributed by atoms with Crippen LogP contribution in [0.25, 0.3) is 0 Å². The first kappa shape index (κ1) is 13.4. The van der Waals surface area contributed by atoms with E-state index < -0.39 is 11.6 Å². The Balaban J connectivity index is 2.37. The van der Waals surface area contributed by atoms with Gasteiger partial charge in [0, 0.05) is 17.1 Å². The first-order valence-corrected chi connectivity index (χ1v) is 6.14. The molecular weight excluding hydrogens is 266 g/mol. The summed E-state index contributed by atoms with van der Waals surface area (Å²) in [5.41, 5.74) is -0.625. The van der Waals surface area contributed by atoms with E-state index in [9.17, 15) is 9.59 Å². The fourth-order valence-corrected chi connectivity index (χ4v) is 2.44. The Morgan fingerprint density at radius 1 is 1.42 bits per heavy atom. The highest BCUT2D eigenvalue weighted by atomic mass is 35.5. The van der Waals surface area contributed by atoms with Gasteiger partial charge in [0.05, 0.1) is 12.5 Å². The maximum atomic E-state index is 12.4. The van der Waals surface area contributed by atoms with E-state index in [0.717, 1.165) is 4.90 Å². The van der Waals surface area contributed by atoms with Crippen molar-refractivity contribution >= 4 is 23.5 Å². The zero-order valence-corrected chi connectivity index (χ0v) is 11.1. The molecule has 1 aliphatic rings. The minimum atomic E-state index is -1.18. The van der Waals surface area contributed by atoms with Crippen molar-refractivity contribution in [3.63, 3.8) is 0 Å². The van der Waals surface area contributed by atoms with Gasteiger partial charge in [0.15, 0.2) is 0 Å². The Hall–Kier alpha value is -2.06. The summed E-state index contributed by atoms with van der Waals surface area (Å²) in [6, 6.07) is 8.29. The molecule has 1 aliphatic heterocycles. The quantitative estimate of drug-likeness (QED) is 0.859. The van der Waals surface area contributed by atoms with Crippen LogP contribution in [0.5, 0.6) is 0 Å². The van der Waals surface area contributed by atoms with Crippen LogP contribution in [0.15, 0.2) is 24.3 Å². The molecule has 3 amide bonds. The summed E-state index contributed by atoms with van der Waals surface area (Å²) in [6.07, 6.45) is 0.109. The van der Waals surface area contributed by atoms with E-state index in [-0.39, 0.29) is 18.9 Å². The molecule has 0 spiro atoms. The molecule has 19 heavy (non-hydrogen) atoms. The van der Waals surface area contributed by atoms with Crippen molar-refractivity contribution in [3.8, 4) is 6.07 Å². The van der Waals surface area contributed by atoms with Crippen LogP contribution >= 0.6 is 11.6 Å². The summed E-state index contributed by atoms with van der Waals surface area (Å²) >= 11 is 6.08. The summed E-state index contributed by atoms with van der Waals surface area (Å²) in [5.74, 6) is -0.388. The third-order valence-corrected chi connectivity index (χ3v) is 3.46. The van der Waals surface area contributed by atoms with Crippen LogP contribution in [0.2, 0.25) is 5.02 Å². The normalized spacial score (nSPS) is 22.3. The van der Waals surface area contributed by atoms with Crippen LogP contribution < -0.4 is 5.32 Å².